The fourth-order valence-electron chi connectivity index (χ4n) is 4.80. The largest absolute Gasteiger partial charge is 0.464 e. The van der Waals surface area contributed by atoms with Crippen LogP contribution in [-0.4, -0.2) is 47.4 Å². The van der Waals surface area contributed by atoms with E-state index in [0.29, 0.717) is 39.3 Å². The van der Waals surface area contributed by atoms with Gasteiger partial charge in [-0.2, -0.15) is 0 Å². The van der Waals surface area contributed by atoms with Crippen molar-refractivity contribution in [3.05, 3.63) is 117 Å². The maximum absolute atomic E-state index is 13.8. The first kappa shape index (κ1) is 27.6. The van der Waals surface area contributed by atoms with Crippen molar-refractivity contribution in [3.8, 4) is 0 Å². The molecule has 1 saturated heterocycles. The van der Waals surface area contributed by atoms with Gasteiger partial charge in [0.25, 0.3) is 5.91 Å². The number of carbonyl (C=O) groups excluding carboxylic acids is 2. The molecule has 0 bridgehead atoms. The molecule has 5 rings (SSSR count). The molecule has 0 radical (unpaired) electrons. The predicted molar refractivity (Wildman–Crippen MR) is 149 cm³/mol. The number of hydrogen-bond acceptors (Lipinski definition) is 5. The van der Waals surface area contributed by atoms with Crippen molar-refractivity contribution < 1.29 is 23.1 Å². The summed E-state index contributed by atoms with van der Waals surface area (Å²) in [4.78, 5) is 43.5. The van der Waals surface area contributed by atoms with E-state index in [1.165, 1.54) is 28.2 Å². The lowest BCUT2D eigenvalue weighted by Crippen LogP contribution is -2.45. The maximum atomic E-state index is 13.8. The summed E-state index contributed by atoms with van der Waals surface area (Å²) in [6.45, 7) is 0.643. The predicted octanol–water partition coefficient (Wildman–Crippen LogP) is 5.44. The van der Waals surface area contributed by atoms with E-state index in [1.54, 1.807) is 60.7 Å². The number of ether oxygens (including phenoxy) is 1. The van der Waals surface area contributed by atoms with Crippen LogP contribution in [0, 0.1) is 5.82 Å². The molecule has 1 aliphatic heterocycles. The molecule has 0 saturated carbocycles. The van der Waals surface area contributed by atoms with Crippen LogP contribution in [0.5, 0.6) is 0 Å². The van der Waals surface area contributed by atoms with E-state index in [0.717, 1.165) is 12.8 Å². The van der Waals surface area contributed by atoms with Gasteiger partial charge in [-0.1, -0.05) is 41.9 Å². The number of fused-ring (bicyclic) bond motifs is 1. The molecule has 206 valence electrons. The zero-order valence-corrected chi connectivity index (χ0v) is 22.5. The van der Waals surface area contributed by atoms with Gasteiger partial charge in [0.15, 0.2) is 5.43 Å². The summed E-state index contributed by atoms with van der Waals surface area (Å²) in [5.74, 6) is -1.13. The summed E-state index contributed by atoms with van der Waals surface area (Å²) in [5.41, 5.74) is 1.53. The SMILES string of the molecule is O=C(CN(C[C@@H]1CCCO1)C(=O)c1cccc(Cl)c1)N(Cc1ccc(F)cc1)Cc1coc2ccccc2c1=O. The molecule has 1 atom stereocenters. The molecule has 7 nitrogen and oxygen atoms in total. The van der Waals surface area contributed by atoms with Crippen LogP contribution in [0.2, 0.25) is 5.02 Å². The molecule has 1 aromatic heterocycles. The highest BCUT2D eigenvalue weighted by molar-refractivity contribution is 6.31. The summed E-state index contributed by atoms with van der Waals surface area (Å²) >= 11 is 6.13. The summed E-state index contributed by atoms with van der Waals surface area (Å²) in [6, 6.07) is 19.3. The number of halogens is 2. The van der Waals surface area contributed by atoms with Crippen LogP contribution in [0.4, 0.5) is 4.39 Å². The number of hydrogen-bond donors (Lipinski definition) is 0. The van der Waals surface area contributed by atoms with Gasteiger partial charge in [0.1, 0.15) is 17.9 Å². The Balaban J connectivity index is 1.44. The van der Waals surface area contributed by atoms with Gasteiger partial charge < -0.3 is 19.0 Å². The van der Waals surface area contributed by atoms with Crippen molar-refractivity contribution in [2.45, 2.75) is 32.0 Å². The second-order valence-corrected chi connectivity index (χ2v) is 10.2. The topological polar surface area (TPSA) is 80.1 Å². The van der Waals surface area contributed by atoms with Gasteiger partial charge in [-0.15, -0.1) is 0 Å². The van der Waals surface area contributed by atoms with Gasteiger partial charge in [-0.3, -0.25) is 14.4 Å². The highest BCUT2D eigenvalue weighted by Crippen LogP contribution is 2.19. The van der Waals surface area contributed by atoms with E-state index < -0.39 is 5.82 Å². The van der Waals surface area contributed by atoms with Crippen molar-refractivity contribution in [1.82, 2.24) is 9.80 Å². The number of amides is 2. The minimum atomic E-state index is -0.397. The average molecular weight is 563 g/mol. The van der Waals surface area contributed by atoms with Crippen LogP contribution in [0.15, 0.2) is 88.3 Å². The number of benzene rings is 3. The van der Waals surface area contributed by atoms with E-state index >= 15 is 0 Å². The molecule has 1 aliphatic rings. The summed E-state index contributed by atoms with van der Waals surface area (Å²) in [5, 5.41) is 0.820. The third-order valence-corrected chi connectivity index (χ3v) is 7.12. The van der Waals surface area contributed by atoms with E-state index in [2.05, 4.69) is 0 Å². The Kier molecular flexibility index (Phi) is 8.57. The molecule has 9 heteroatoms. The molecule has 40 heavy (non-hydrogen) atoms. The first-order valence-electron chi connectivity index (χ1n) is 13.1. The quantitative estimate of drug-likeness (QED) is 0.271. The maximum Gasteiger partial charge on any atom is 0.254 e. The zero-order valence-electron chi connectivity index (χ0n) is 21.7. The second-order valence-electron chi connectivity index (χ2n) is 9.79. The van der Waals surface area contributed by atoms with Crippen molar-refractivity contribution in [1.29, 1.82) is 0 Å². The van der Waals surface area contributed by atoms with Crippen molar-refractivity contribution >= 4 is 34.4 Å². The minimum absolute atomic E-state index is 0.0531. The fraction of sp³-hybridized carbons (Fsp3) is 0.258. The minimum Gasteiger partial charge on any atom is -0.464 e. The van der Waals surface area contributed by atoms with E-state index in [1.807, 2.05) is 0 Å². The summed E-state index contributed by atoms with van der Waals surface area (Å²) in [6.07, 6.45) is 2.84. The van der Waals surface area contributed by atoms with Crippen LogP contribution in [0.3, 0.4) is 0 Å². The molecule has 2 heterocycles. The molecule has 0 aliphatic carbocycles. The Morgan fingerprint density at radius 1 is 0.975 bits per heavy atom. The van der Waals surface area contributed by atoms with Gasteiger partial charge in [0.05, 0.1) is 29.9 Å². The number of carbonyl (C=O) groups is 2. The average Bonchev–Trinajstić information content (AvgIpc) is 3.48. The van der Waals surface area contributed by atoms with Crippen molar-refractivity contribution in [2.24, 2.45) is 0 Å². The lowest BCUT2D eigenvalue weighted by molar-refractivity contribution is -0.133. The molecule has 1 fully saturated rings. The molecule has 0 spiro atoms. The van der Waals surface area contributed by atoms with Gasteiger partial charge in [-0.25, -0.2) is 4.39 Å². The molecule has 3 aromatic carbocycles. The zero-order chi connectivity index (χ0) is 28.1. The molecule has 4 aromatic rings. The summed E-state index contributed by atoms with van der Waals surface area (Å²) < 4.78 is 25.0. The van der Waals surface area contributed by atoms with Gasteiger partial charge >= 0.3 is 0 Å². The van der Waals surface area contributed by atoms with Crippen molar-refractivity contribution in [3.63, 3.8) is 0 Å². The van der Waals surface area contributed by atoms with E-state index in [4.69, 9.17) is 20.8 Å². The van der Waals surface area contributed by atoms with Crippen LogP contribution in [-0.2, 0) is 22.6 Å². The van der Waals surface area contributed by atoms with E-state index in [9.17, 15) is 18.8 Å². The van der Waals surface area contributed by atoms with Gasteiger partial charge in [0, 0.05) is 30.3 Å². The highest BCUT2D eigenvalue weighted by Gasteiger charge is 2.28. The second kappa shape index (κ2) is 12.4. The lowest BCUT2D eigenvalue weighted by Gasteiger charge is -2.29. The first-order chi connectivity index (χ1) is 19.4. The van der Waals surface area contributed by atoms with Crippen molar-refractivity contribution in [2.75, 3.05) is 19.7 Å². The third kappa shape index (κ3) is 6.58. The Morgan fingerprint density at radius 3 is 2.52 bits per heavy atom. The smallest absolute Gasteiger partial charge is 0.254 e. The number of para-hydroxylation sites is 1. The Bertz CT molecular complexity index is 1570. The highest BCUT2D eigenvalue weighted by atomic mass is 35.5. The molecule has 0 N–H and O–H groups in total. The number of nitrogens with zero attached hydrogens (tertiary/aromatic N) is 2. The Morgan fingerprint density at radius 2 is 1.77 bits per heavy atom. The van der Waals surface area contributed by atoms with Crippen LogP contribution in [0.1, 0.15) is 34.3 Å². The molecular weight excluding hydrogens is 535 g/mol. The third-order valence-electron chi connectivity index (χ3n) is 6.89. The standard InChI is InChI=1S/C31H28ClFN2O5/c32-24-6-3-5-22(15-24)31(38)35(18-26-7-4-14-39-26)19-29(36)34(16-21-10-12-25(33)13-11-21)17-23-20-40-28-9-2-1-8-27(28)30(23)37/h1-3,5-6,8-13,15,20,26H,4,7,14,16-19H2/t26-/m0/s1. The Labute approximate surface area is 235 Å². The lowest BCUT2D eigenvalue weighted by atomic mass is 10.1. The molecule has 2 amide bonds. The first-order valence-corrected chi connectivity index (χ1v) is 13.4. The van der Waals surface area contributed by atoms with Gasteiger partial charge in [0.2, 0.25) is 5.91 Å². The number of rotatable bonds is 9. The van der Waals surface area contributed by atoms with Gasteiger partial charge in [-0.05, 0) is 60.9 Å². The van der Waals surface area contributed by atoms with Crippen LogP contribution in [0.25, 0.3) is 11.0 Å². The fourth-order valence-corrected chi connectivity index (χ4v) is 4.99. The Hall–Kier alpha value is -4.01. The van der Waals surface area contributed by atoms with E-state index in [-0.39, 0.29) is 49.5 Å². The normalized spacial score (nSPS) is 14.8. The van der Waals surface area contributed by atoms with Crippen LogP contribution < -0.4 is 5.43 Å². The molecule has 0 unspecified atom stereocenters. The van der Waals surface area contributed by atoms with Crippen LogP contribution >= 0.6 is 11.6 Å². The monoisotopic (exact) mass is 562 g/mol. The summed E-state index contributed by atoms with van der Waals surface area (Å²) in [7, 11) is 0. The molecular formula is C31H28ClFN2O5.